The van der Waals surface area contributed by atoms with Gasteiger partial charge in [-0.2, -0.15) is 0 Å². The third-order valence-electron chi connectivity index (χ3n) is 16.7. The Kier molecular flexibility index (Phi) is 9.77. The van der Waals surface area contributed by atoms with Crippen LogP contribution in [0.5, 0.6) is 0 Å². The van der Waals surface area contributed by atoms with Crippen molar-refractivity contribution in [1.82, 2.24) is 13.7 Å². The average molecular weight is 827 g/mol. The van der Waals surface area contributed by atoms with Gasteiger partial charge in [-0.1, -0.05) is 120 Å². The van der Waals surface area contributed by atoms with Crippen LogP contribution in [0.4, 0.5) is 0 Å². The molecular weight excluding hydrogens is 781 g/mol. The molecule has 0 aliphatic heterocycles. The molecule has 0 aliphatic rings. The molecule has 66 heavy (non-hydrogen) atoms. The van der Waals surface area contributed by atoms with Crippen molar-refractivity contribution in [3.8, 4) is 28.2 Å². The minimum absolute atomic E-state index is 1.18. The van der Waals surface area contributed by atoms with E-state index >= 15 is 0 Å². The highest BCUT2D eigenvalue weighted by Gasteiger charge is 2.29. The molecule has 0 amide bonds. The van der Waals surface area contributed by atoms with E-state index in [0.717, 1.165) is 0 Å². The second-order valence-electron chi connectivity index (χ2n) is 19.8. The van der Waals surface area contributed by atoms with Gasteiger partial charge in [0.15, 0.2) is 0 Å². The average Bonchev–Trinajstić information content (AvgIpc) is 3.98. The SMILES string of the molecule is Bc1ccc2c(c1)c1cc(-n3c4c(B)c(B)c(B)c(B)c4c4c(B)c(-c5c(B)c(B)c6c(c5B)c5c(B)c(B)c(B)c(B)c5n6-c5ccccc5)c(B)c(B)c43)ccc1n2-c1ccccc1. The van der Waals surface area contributed by atoms with Crippen LogP contribution in [0.15, 0.2) is 97.1 Å². The van der Waals surface area contributed by atoms with E-state index in [1.54, 1.807) is 0 Å². The molecule has 0 saturated heterocycles. The summed E-state index contributed by atoms with van der Waals surface area (Å²) in [5.74, 6) is 0. The standard InChI is InChI=1S/C48H46B15N3/c49-17-11-13-23-21(15-17)22-16-20(12-14-24(22)64(23)18-7-3-1-4-8-18)66-46-28(30-36(55)38(57)40(59)44(63)48(30)66)32(51)26(34(53)42(46)61)25-31(50)27-29-35(54)37(56)39(58)43(62)47(29)65(19-9-5-2-6-10-19)45(27)41(60)33(25)52/h1-16H,49-63H2. The first-order valence-corrected chi connectivity index (χ1v) is 23.8. The molecular formula is C48H46B15N3. The molecule has 0 unspecified atom stereocenters. The van der Waals surface area contributed by atoms with Crippen LogP contribution in [0, 0.1) is 0 Å². The molecule has 11 rings (SSSR count). The Bertz CT molecular complexity index is 3990. The lowest BCUT2D eigenvalue weighted by molar-refractivity contribution is 1.17. The zero-order valence-corrected chi connectivity index (χ0v) is 41.6. The third kappa shape index (κ3) is 5.60. The number of hydrogen-bond acceptors (Lipinski definition) is 0. The van der Waals surface area contributed by atoms with Gasteiger partial charge in [-0.3, -0.25) is 0 Å². The number of hydrogen-bond donors (Lipinski definition) is 0. The number of aromatic nitrogens is 3. The fourth-order valence-electron chi connectivity index (χ4n) is 12.4. The molecule has 298 valence electrons. The lowest BCUT2D eigenvalue weighted by Gasteiger charge is -2.24. The van der Waals surface area contributed by atoms with Gasteiger partial charge in [-0.25, -0.2) is 0 Å². The summed E-state index contributed by atoms with van der Waals surface area (Å²) in [6.45, 7) is 0. The first-order valence-electron chi connectivity index (χ1n) is 23.8. The van der Waals surface area contributed by atoms with Gasteiger partial charge in [-0.15, -0.1) is 10.9 Å². The Hall–Kier alpha value is -5.87. The van der Waals surface area contributed by atoms with Crippen molar-refractivity contribution in [2.45, 2.75) is 0 Å². The lowest BCUT2D eigenvalue weighted by atomic mass is 9.61. The Morgan fingerprint density at radius 2 is 0.606 bits per heavy atom. The summed E-state index contributed by atoms with van der Waals surface area (Å²) in [7, 11) is 35.2. The molecule has 0 aliphatic carbocycles. The second-order valence-corrected chi connectivity index (χ2v) is 19.8. The van der Waals surface area contributed by atoms with Gasteiger partial charge in [0, 0.05) is 60.7 Å². The van der Waals surface area contributed by atoms with E-state index in [4.69, 9.17) is 0 Å². The minimum atomic E-state index is 1.18. The van der Waals surface area contributed by atoms with Crippen LogP contribution in [0.1, 0.15) is 0 Å². The van der Waals surface area contributed by atoms with Crippen LogP contribution in [0.3, 0.4) is 0 Å². The molecule has 0 N–H and O–H groups in total. The predicted octanol–water partition coefficient (Wildman–Crippen LogP) is -13.5. The molecule has 0 spiro atoms. The third-order valence-corrected chi connectivity index (χ3v) is 16.7. The topological polar surface area (TPSA) is 14.8 Å². The summed E-state index contributed by atoms with van der Waals surface area (Å²) in [5.41, 5.74) is 34.4. The summed E-state index contributed by atoms with van der Waals surface area (Å²) in [4.78, 5) is 0. The van der Waals surface area contributed by atoms with E-state index in [2.05, 4.69) is 228 Å². The zero-order valence-electron chi connectivity index (χ0n) is 41.6. The highest BCUT2D eigenvalue weighted by atomic mass is 15.0. The van der Waals surface area contributed by atoms with Crippen LogP contribution in [-0.4, -0.2) is 131 Å². The lowest BCUT2D eigenvalue weighted by Crippen LogP contribution is -2.48. The summed E-state index contributed by atoms with van der Waals surface area (Å²) >= 11 is 0. The molecule has 0 bridgehead atoms. The highest BCUT2D eigenvalue weighted by molar-refractivity contribution is 6.72. The van der Waals surface area contributed by atoms with Crippen molar-refractivity contribution >= 4 is 265 Å². The summed E-state index contributed by atoms with van der Waals surface area (Å²) < 4.78 is 7.64. The van der Waals surface area contributed by atoms with Gasteiger partial charge in [-0.05, 0) is 70.4 Å². The van der Waals surface area contributed by atoms with Crippen molar-refractivity contribution < 1.29 is 0 Å². The first kappa shape index (κ1) is 42.8. The largest absolute Gasteiger partial charge is 0.310 e. The molecule has 11 aromatic rings. The Labute approximate surface area is 401 Å². The maximum absolute atomic E-state index is 2.64. The van der Waals surface area contributed by atoms with Crippen LogP contribution >= 0.6 is 0 Å². The zero-order chi connectivity index (χ0) is 46.5. The van der Waals surface area contributed by atoms with Crippen molar-refractivity contribution in [2.24, 2.45) is 0 Å². The molecule has 3 heterocycles. The van der Waals surface area contributed by atoms with Crippen LogP contribution < -0.4 is 81.9 Å². The Balaban J connectivity index is 1.28. The summed E-state index contributed by atoms with van der Waals surface area (Å²) in [6, 6.07) is 36.0. The summed E-state index contributed by atoms with van der Waals surface area (Å²) in [5, 5.41) is 8.07. The summed E-state index contributed by atoms with van der Waals surface area (Å²) in [6.07, 6.45) is 0. The van der Waals surface area contributed by atoms with E-state index < -0.39 is 0 Å². The molecule has 3 nitrogen and oxygen atoms in total. The monoisotopic (exact) mass is 830 g/mol. The Morgan fingerprint density at radius 1 is 0.258 bits per heavy atom. The van der Waals surface area contributed by atoms with E-state index in [1.165, 1.54) is 176 Å². The normalized spacial score (nSPS) is 11.9. The number of rotatable bonds is 4. The van der Waals surface area contributed by atoms with E-state index in [1.807, 2.05) is 0 Å². The molecule has 8 aromatic carbocycles. The van der Waals surface area contributed by atoms with Gasteiger partial charge in [0.05, 0.1) is 11.0 Å². The molecule has 0 fully saturated rings. The Morgan fingerprint density at radius 3 is 1.06 bits per heavy atom. The fraction of sp³-hybridized carbons (Fsp3) is 0. The minimum Gasteiger partial charge on any atom is -0.310 e. The molecule has 0 saturated carbocycles. The predicted molar refractivity (Wildman–Crippen MR) is 338 cm³/mol. The van der Waals surface area contributed by atoms with E-state index in [-0.39, 0.29) is 0 Å². The molecule has 3 aromatic heterocycles. The first-order chi connectivity index (χ1) is 31.6. The maximum atomic E-state index is 2.64. The van der Waals surface area contributed by atoms with Crippen LogP contribution in [0.25, 0.3) is 93.6 Å². The van der Waals surface area contributed by atoms with Crippen molar-refractivity contribution in [3.05, 3.63) is 97.1 Å². The smallest absolute Gasteiger partial charge is 0.141 e. The van der Waals surface area contributed by atoms with Crippen molar-refractivity contribution in [2.75, 3.05) is 0 Å². The van der Waals surface area contributed by atoms with E-state index in [9.17, 15) is 0 Å². The second kappa shape index (κ2) is 15.1. The van der Waals surface area contributed by atoms with Gasteiger partial charge in [0.1, 0.15) is 118 Å². The van der Waals surface area contributed by atoms with E-state index in [0.29, 0.717) is 0 Å². The van der Waals surface area contributed by atoms with Crippen molar-refractivity contribution in [3.63, 3.8) is 0 Å². The number of para-hydroxylation sites is 2. The van der Waals surface area contributed by atoms with Gasteiger partial charge < -0.3 is 13.7 Å². The molecule has 0 atom stereocenters. The highest BCUT2D eigenvalue weighted by Crippen LogP contribution is 2.36. The molecule has 0 radical (unpaired) electrons. The van der Waals surface area contributed by atoms with Gasteiger partial charge >= 0.3 is 0 Å². The quantitative estimate of drug-likeness (QED) is 0.157. The van der Waals surface area contributed by atoms with Gasteiger partial charge in [0.25, 0.3) is 0 Å². The van der Waals surface area contributed by atoms with Gasteiger partial charge in [0.2, 0.25) is 0 Å². The van der Waals surface area contributed by atoms with Crippen molar-refractivity contribution in [1.29, 1.82) is 0 Å². The van der Waals surface area contributed by atoms with Crippen LogP contribution in [-0.2, 0) is 0 Å². The number of fused-ring (bicyclic) bond motifs is 9. The van der Waals surface area contributed by atoms with Crippen LogP contribution in [0.2, 0.25) is 0 Å². The fourth-order valence-corrected chi connectivity index (χ4v) is 12.4. The number of benzene rings is 8. The number of nitrogens with zero attached hydrogens (tertiary/aromatic N) is 3. The maximum Gasteiger partial charge on any atom is 0.141 e. The molecule has 18 heteroatoms.